The van der Waals surface area contributed by atoms with Crippen molar-refractivity contribution in [1.82, 2.24) is 19.5 Å². The summed E-state index contributed by atoms with van der Waals surface area (Å²) in [6.07, 6.45) is 4.66. The number of fused-ring (bicyclic) bond motifs is 1. The largest absolute Gasteiger partial charge is 0.365 e. The fourth-order valence-corrected chi connectivity index (χ4v) is 3.71. The number of hydrogen-bond donors (Lipinski definition) is 1. The van der Waals surface area contributed by atoms with E-state index in [-0.39, 0.29) is 0 Å². The molecule has 1 N–H and O–H groups in total. The summed E-state index contributed by atoms with van der Waals surface area (Å²) >= 11 is 1.73. The Bertz CT molecular complexity index is 1000. The lowest BCUT2D eigenvalue weighted by Crippen LogP contribution is -2.07. The third-order valence-corrected chi connectivity index (χ3v) is 5.30. The third kappa shape index (κ3) is 3.13. The topological polar surface area (TPSA) is 55.6 Å². The molecule has 0 aliphatic heterocycles. The molecule has 0 unspecified atom stereocenters. The molecule has 3 aromatic heterocycles. The summed E-state index contributed by atoms with van der Waals surface area (Å²) < 4.78 is 1.92. The number of imidazole rings is 1. The maximum atomic E-state index is 4.77. The highest BCUT2D eigenvalue weighted by atomic mass is 32.1. The molecule has 0 amide bonds. The Hall–Kier alpha value is -2.73. The van der Waals surface area contributed by atoms with Crippen molar-refractivity contribution in [1.29, 1.82) is 0 Å². The Morgan fingerprint density at radius 2 is 2.00 bits per heavy atom. The average molecular weight is 349 g/mol. The van der Waals surface area contributed by atoms with Gasteiger partial charge in [0.25, 0.3) is 0 Å². The van der Waals surface area contributed by atoms with Crippen LogP contribution in [0.5, 0.6) is 0 Å². The average Bonchev–Trinajstić information content (AvgIpc) is 3.26. The molecule has 126 valence electrons. The molecule has 3 heterocycles. The number of thiophene rings is 1. The van der Waals surface area contributed by atoms with Crippen LogP contribution in [-0.4, -0.2) is 19.5 Å². The van der Waals surface area contributed by atoms with Gasteiger partial charge in [0.2, 0.25) is 5.95 Å². The second kappa shape index (κ2) is 6.64. The molecular formula is C19H19N5S. The minimum Gasteiger partial charge on any atom is -0.365 e. The van der Waals surface area contributed by atoms with Crippen molar-refractivity contribution in [3.63, 3.8) is 0 Å². The molecule has 5 nitrogen and oxygen atoms in total. The van der Waals surface area contributed by atoms with Gasteiger partial charge in [0.05, 0.1) is 5.39 Å². The first-order valence-electron chi connectivity index (χ1n) is 8.33. The van der Waals surface area contributed by atoms with Crippen molar-refractivity contribution in [2.45, 2.75) is 26.8 Å². The maximum absolute atomic E-state index is 4.77. The zero-order valence-electron chi connectivity index (χ0n) is 14.2. The van der Waals surface area contributed by atoms with E-state index in [2.05, 4.69) is 35.4 Å². The van der Waals surface area contributed by atoms with E-state index in [9.17, 15) is 0 Å². The first kappa shape index (κ1) is 15.8. The van der Waals surface area contributed by atoms with Crippen LogP contribution in [0.3, 0.4) is 0 Å². The molecule has 4 rings (SSSR count). The van der Waals surface area contributed by atoms with E-state index in [0.717, 1.165) is 34.8 Å². The van der Waals surface area contributed by atoms with Crippen LogP contribution in [0.4, 0.5) is 5.82 Å². The van der Waals surface area contributed by atoms with Gasteiger partial charge >= 0.3 is 0 Å². The molecule has 0 saturated carbocycles. The first-order valence-corrected chi connectivity index (χ1v) is 9.15. The zero-order valence-corrected chi connectivity index (χ0v) is 15.0. The molecule has 0 radical (unpaired) electrons. The molecule has 6 heteroatoms. The van der Waals surface area contributed by atoms with Gasteiger partial charge in [0.15, 0.2) is 0 Å². The number of benzene rings is 1. The zero-order chi connectivity index (χ0) is 17.2. The van der Waals surface area contributed by atoms with Gasteiger partial charge < -0.3 is 5.32 Å². The predicted molar refractivity (Wildman–Crippen MR) is 102 cm³/mol. The molecule has 1 aromatic carbocycles. The SMILES string of the molecule is CCc1cc2c(NCc3ccccc3)nc(-n3ccnc3C)nc2s1. The van der Waals surface area contributed by atoms with E-state index < -0.39 is 0 Å². The Morgan fingerprint density at radius 1 is 1.16 bits per heavy atom. The number of aromatic nitrogens is 4. The predicted octanol–water partition coefficient (Wildman–Crippen LogP) is 4.36. The van der Waals surface area contributed by atoms with Gasteiger partial charge in [-0.2, -0.15) is 4.98 Å². The molecule has 0 bridgehead atoms. The summed E-state index contributed by atoms with van der Waals surface area (Å²) in [6.45, 7) is 4.85. The lowest BCUT2D eigenvalue weighted by atomic mass is 10.2. The molecule has 0 saturated heterocycles. The van der Waals surface area contributed by atoms with Crippen molar-refractivity contribution in [2.75, 3.05) is 5.32 Å². The van der Waals surface area contributed by atoms with Gasteiger partial charge in [0, 0.05) is 23.8 Å². The number of nitrogens with one attached hydrogen (secondary N) is 1. The summed E-state index contributed by atoms with van der Waals surface area (Å²) in [6, 6.07) is 12.5. The van der Waals surface area contributed by atoms with Crippen LogP contribution >= 0.6 is 11.3 Å². The highest BCUT2D eigenvalue weighted by Gasteiger charge is 2.13. The summed E-state index contributed by atoms with van der Waals surface area (Å²) in [5.41, 5.74) is 1.22. The van der Waals surface area contributed by atoms with E-state index in [1.165, 1.54) is 10.4 Å². The van der Waals surface area contributed by atoms with E-state index in [1.807, 2.05) is 35.9 Å². The lowest BCUT2D eigenvalue weighted by molar-refractivity contribution is 0.893. The van der Waals surface area contributed by atoms with E-state index in [0.29, 0.717) is 5.95 Å². The van der Waals surface area contributed by atoms with Crippen LogP contribution in [0.1, 0.15) is 23.2 Å². The van der Waals surface area contributed by atoms with Crippen LogP contribution < -0.4 is 5.32 Å². The highest BCUT2D eigenvalue weighted by Crippen LogP contribution is 2.30. The van der Waals surface area contributed by atoms with Crippen molar-refractivity contribution in [3.8, 4) is 5.95 Å². The van der Waals surface area contributed by atoms with E-state index >= 15 is 0 Å². The van der Waals surface area contributed by atoms with Crippen molar-refractivity contribution in [2.24, 2.45) is 0 Å². The third-order valence-electron chi connectivity index (χ3n) is 4.12. The van der Waals surface area contributed by atoms with Gasteiger partial charge in [-0.25, -0.2) is 9.97 Å². The maximum Gasteiger partial charge on any atom is 0.238 e. The minimum atomic E-state index is 0.655. The number of rotatable bonds is 5. The second-order valence-corrected chi connectivity index (χ2v) is 6.96. The summed E-state index contributed by atoms with van der Waals surface area (Å²) in [5, 5.41) is 4.57. The normalized spacial score (nSPS) is 11.1. The standard InChI is InChI=1S/C19H19N5S/c1-3-15-11-16-17(21-12-14-7-5-4-6-8-14)22-19(23-18(16)25-15)24-10-9-20-13(24)2/h4-11H,3,12H2,1-2H3,(H,21,22,23). The van der Waals surface area contributed by atoms with Crippen molar-refractivity contribution < 1.29 is 0 Å². The van der Waals surface area contributed by atoms with Gasteiger partial charge in [-0.05, 0) is 25.0 Å². The Morgan fingerprint density at radius 3 is 2.72 bits per heavy atom. The Balaban J connectivity index is 1.77. The van der Waals surface area contributed by atoms with Crippen LogP contribution in [0.2, 0.25) is 0 Å². The molecule has 0 aliphatic carbocycles. The molecule has 4 aromatic rings. The summed E-state index contributed by atoms with van der Waals surface area (Å²) in [5.74, 6) is 2.40. The molecular weight excluding hydrogens is 330 g/mol. The molecule has 0 spiro atoms. The molecule has 0 atom stereocenters. The number of nitrogens with zero attached hydrogens (tertiary/aromatic N) is 4. The smallest absolute Gasteiger partial charge is 0.238 e. The fourth-order valence-electron chi connectivity index (χ4n) is 2.75. The number of aryl methyl sites for hydroxylation is 2. The van der Waals surface area contributed by atoms with Crippen molar-refractivity contribution >= 4 is 27.4 Å². The molecule has 25 heavy (non-hydrogen) atoms. The second-order valence-electron chi connectivity index (χ2n) is 5.84. The number of hydrogen-bond acceptors (Lipinski definition) is 5. The van der Waals surface area contributed by atoms with Crippen LogP contribution in [0, 0.1) is 6.92 Å². The van der Waals surface area contributed by atoms with Crippen LogP contribution in [0.15, 0.2) is 48.8 Å². The first-order chi connectivity index (χ1) is 12.2. The van der Waals surface area contributed by atoms with Crippen LogP contribution in [0.25, 0.3) is 16.2 Å². The quantitative estimate of drug-likeness (QED) is 0.582. The van der Waals surface area contributed by atoms with Crippen molar-refractivity contribution in [3.05, 3.63) is 65.1 Å². The Kier molecular flexibility index (Phi) is 4.19. The molecule has 0 aliphatic rings. The van der Waals surface area contributed by atoms with E-state index in [4.69, 9.17) is 9.97 Å². The van der Waals surface area contributed by atoms with E-state index in [1.54, 1.807) is 17.5 Å². The Labute approximate surface area is 150 Å². The highest BCUT2D eigenvalue weighted by molar-refractivity contribution is 7.18. The summed E-state index contributed by atoms with van der Waals surface area (Å²) in [7, 11) is 0. The van der Waals surface area contributed by atoms with Gasteiger partial charge in [-0.3, -0.25) is 4.57 Å². The van der Waals surface area contributed by atoms with Gasteiger partial charge in [0.1, 0.15) is 16.5 Å². The summed E-state index contributed by atoms with van der Waals surface area (Å²) in [4.78, 5) is 16.1. The monoisotopic (exact) mass is 349 g/mol. The fraction of sp³-hybridized carbons (Fsp3) is 0.211. The minimum absolute atomic E-state index is 0.655. The lowest BCUT2D eigenvalue weighted by Gasteiger charge is -2.10. The molecule has 0 fully saturated rings. The van der Waals surface area contributed by atoms with Crippen LogP contribution in [-0.2, 0) is 13.0 Å². The van der Waals surface area contributed by atoms with Gasteiger partial charge in [-0.1, -0.05) is 37.3 Å². The number of anilines is 1. The van der Waals surface area contributed by atoms with Gasteiger partial charge in [-0.15, -0.1) is 11.3 Å².